The molecular formula is C16H20N2O5S. The smallest absolute Gasteiger partial charge is 0.337 e. The first-order chi connectivity index (χ1) is 11.1. The Balaban J connectivity index is 3.05. The lowest BCUT2D eigenvalue weighted by Gasteiger charge is -2.19. The monoisotopic (exact) mass is 352 g/mol. The van der Waals surface area contributed by atoms with Crippen LogP contribution in [0.3, 0.4) is 0 Å². The van der Waals surface area contributed by atoms with Gasteiger partial charge in [-0.1, -0.05) is 20.8 Å². The first-order valence-electron chi connectivity index (χ1n) is 7.02. The first kappa shape index (κ1) is 19.6. The van der Waals surface area contributed by atoms with Gasteiger partial charge in [0, 0.05) is 11.1 Å². The maximum Gasteiger partial charge on any atom is 0.337 e. The number of ether oxygens (including phenoxy) is 2. The molecule has 0 saturated carbocycles. The lowest BCUT2D eigenvalue weighted by atomic mass is 9.96. The van der Waals surface area contributed by atoms with Gasteiger partial charge in [-0.3, -0.25) is 4.79 Å². The number of hydrogen-bond acceptors (Lipinski definition) is 6. The van der Waals surface area contributed by atoms with Crippen LogP contribution in [0.1, 0.15) is 41.5 Å². The molecule has 1 rings (SSSR count). The molecule has 24 heavy (non-hydrogen) atoms. The van der Waals surface area contributed by atoms with E-state index in [1.54, 1.807) is 20.8 Å². The fraction of sp³-hybridized carbons (Fsp3) is 0.375. The third kappa shape index (κ3) is 5.31. The molecule has 1 aromatic rings. The number of amides is 1. The fourth-order valence-corrected chi connectivity index (χ4v) is 1.83. The van der Waals surface area contributed by atoms with Crippen LogP contribution < -0.4 is 10.6 Å². The van der Waals surface area contributed by atoms with Crippen molar-refractivity contribution >= 4 is 40.9 Å². The second-order valence-electron chi connectivity index (χ2n) is 5.94. The zero-order valence-corrected chi connectivity index (χ0v) is 15.0. The molecule has 0 spiro atoms. The average molecular weight is 352 g/mol. The van der Waals surface area contributed by atoms with Crippen LogP contribution in [0.4, 0.5) is 5.69 Å². The summed E-state index contributed by atoms with van der Waals surface area (Å²) in [5, 5.41) is 5.36. The molecule has 0 aliphatic carbocycles. The zero-order valence-electron chi connectivity index (χ0n) is 14.2. The van der Waals surface area contributed by atoms with E-state index in [0.717, 1.165) is 0 Å². The summed E-state index contributed by atoms with van der Waals surface area (Å²) in [6, 6.07) is 4.25. The Kier molecular flexibility index (Phi) is 6.42. The minimum Gasteiger partial charge on any atom is -0.465 e. The van der Waals surface area contributed by atoms with Crippen molar-refractivity contribution in [2.45, 2.75) is 20.8 Å². The van der Waals surface area contributed by atoms with Gasteiger partial charge in [-0.25, -0.2) is 9.59 Å². The molecule has 0 saturated heterocycles. The van der Waals surface area contributed by atoms with Crippen LogP contribution in [0, 0.1) is 5.41 Å². The van der Waals surface area contributed by atoms with Crippen molar-refractivity contribution in [2.75, 3.05) is 19.5 Å². The van der Waals surface area contributed by atoms with E-state index in [9.17, 15) is 14.4 Å². The van der Waals surface area contributed by atoms with Crippen molar-refractivity contribution in [3.63, 3.8) is 0 Å². The third-order valence-electron chi connectivity index (χ3n) is 2.94. The van der Waals surface area contributed by atoms with Crippen LogP contribution >= 0.6 is 12.2 Å². The van der Waals surface area contributed by atoms with E-state index in [2.05, 4.69) is 20.1 Å². The Hall–Kier alpha value is -2.48. The number of hydrogen-bond donors (Lipinski definition) is 2. The molecular weight excluding hydrogens is 332 g/mol. The van der Waals surface area contributed by atoms with Crippen molar-refractivity contribution in [2.24, 2.45) is 5.41 Å². The number of esters is 2. The topological polar surface area (TPSA) is 93.7 Å². The summed E-state index contributed by atoms with van der Waals surface area (Å²) in [5.74, 6) is -1.50. The van der Waals surface area contributed by atoms with Gasteiger partial charge in [0.15, 0.2) is 5.11 Å². The predicted molar refractivity (Wildman–Crippen MR) is 92.9 cm³/mol. The summed E-state index contributed by atoms with van der Waals surface area (Å²) < 4.78 is 9.30. The first-order valence-corrected chi connectivity index (χ1v) is 7.43. The fourth-order valence-electron chi connectivity index (χ4n) is 1.62. The molecule has 0 unspecified atom stereocenters. The number of carbonyl (C=O) groups excluding carboxylic acids is 3. The van der Waals surface area contributed by atoms with Gasteiger partial charge >= 0.3 is 11.9 Å². The SMILES string of the molecule is COC(=O)c1cc(NC(=S)NC(=O)C(C)(C)C)cc(C(=O)OC)c1. The minimum atomic E-state index is -0.617. The van der Waals surface area contributed by atoms with Crippen molar-refractivity contribution in [1.29, 1.82) is 0 Å². The highest BCUT2D eigenvalue weighted by molar-refractivity contribution is 7.80. The summed E-state index contributed by atoms with van der Waals surface area (Å²) in [6.07, 6.45) is 0. The van der Waals surface area contributed by atoms with Gasteiger partial charge in [0.05, 0.1) is 25.3 Å². The molecule has 130 valence electrons. The van der Waals surface area contributed by atoms with Gasteiger partial charge in [0.1, 0.15) is 0 Å². The maximum atomic E-state index is 11.9. The maximum absolute atomic E-state index is 11.9. The molecule has 1 aromatic carbocycles. The van der Waals surface area contributed by atoms with Crippen LogP contribution in [0.15, 0.2) is 18.2 Å². The number of anilines is 1. The van der Waals surface area contributed by atoms with Crippen molar-refractivity contribution in [1.82, 2.24) is 5.32 Å². The van der Waals surface area contributed by atoms with Gasteiger partial charge in [0.25, 0.3) is 0 Å². The van der Waals surface area contributed by atoms with E-state index in [1.165, 1.54) is 32.4 Å². The van der Waals surface area contributed by atoms with Gasteiger partial charge in [-0.15, -0.1) is 0 Å². The predicted octanol–water partition coefficient (Wildman–Crippen LogP) is 2.12. The molecule has 0 aromatic heterocycles. The zero-order chi connectivity index (χ0) is 18.5. The molecule has 0 heterocycles. The molecule has 0 bridgehead atoms. The Morgan fingerprint density at radius 3 is 1.79 bits per heavy atom. The summed E-state index contributed by atoms with van der Waals surface area (Å²) in [5.41, 5.74) is 0.0229. The minimum absolute atomic E-state index is 0.0488. The highest BCUT2D eigenvalue weighted by Crippen LogP contribution is 2.18. The Bertz CT molecular complexity index is 645. The van der Waals surface area contributed by atoms with E-state index < -0.39 is 17.4 Å². The Labute approximate surface area is 145 Å². The van der Waals surface area contributed by atoms with Crippen LogP contribution in [0.25, 0.3) is 0 Å². The van der Waals surface area contributed by atoms with Crippen molar-refractivity contribution < 1.29 is 23.9 Å². The van der Waals surface area contributed by atoms with E-state index in [-0.39, 0.29) is 22.1 Å². The van der Waals surface area contributed by atoms with Gasteiger partial charge in [-0.05, 0) is 30.4 Å². The number of methoxy groups -OCH3 is 2. The highest BCUT2D eigenvalue weighted by atomic mass is 32.1. The number of thiocarbonyl (C=S) groups is 1. The highest BCUT2D eigenvalue weighted by Gasteiger charge is 2.22. The molecule has 0 radical (unpaired) electrons. The average Bonchev–Trinajstić information content (AvgIpc) is 2.51. The normalized spacial score (nSPS) is 10.5. The molecule has 1 amide bonds. The van der Waals surface area contributed by atoms with Gasteiger partial charge in [-0.2, -0.15) is 0 Å². The summed E-state index contributed by atoms with van der Waals surface area (Å²) >= 11 is 5.08. The lowest BCUT2D eigenvalue weighted by molar-refractivity contribution is -0.126. The quantitative estimate of drug-likeness (QED) is 0.636. The Morgan fingerprint density at radius 1 is 0.958 bits per heavy atom. The Morgan fingerprint density at radius 2 is 1.42 bits per heavy atom. The van der Waals surface area contributed by atoms with Crippen LogP contribution in [0.2, 0.25) is 0 Å². The van der Waals surface area contributed by atoms with E-state index in [4.69, 9.17) is 12.2 Å². The van der Waals surface area contributed by atoms with Crippen molar-refractivity contribution in [3.8, 4) is 0 Å². The van der Waals surface area contributed by atoms with Crippen LogP contribution in [-0.4, -0.2) is 37.2 Å². The van der Waals surface area contributed by atoms with Gasteiger partial charge in [0.2, 0.25) is 5.91 Å². The van der Waals surface area contributed by atoms with E-state index >= 15 is 0 Å². The molecule has 0 fully saturated rings. The largest absolute Gasteiger partial charge is 0.465 e. The molecule has 8 heteroatoms. The van der Waals surface area contributed by atoms with E-state index in [1.807, 2.05) is 0 Å². The lowest BCUT2D eigenvalue weighted by Crippen LogP contribution is -2.41. The number of nitrogens with one attached hydrogen (secondary N) is 2. The standard InChI is InChI=1S/C16H20N2O5S/c1-16(2,3)14(21)18-15(24)17-11-7-9(12(19)22-4)6-10(8-11)13(20)23-5/h6-8H,1-5H3,(H2,17,18,21,24). The molecule has 0 atom stereocenters. The van der Waals surface area contributed by atoms with Crippen LogP contribution in [0.5, 0.6) is 0 Å². The third-order valence-corrected chi connectivity index (χ3v) is 3.15. The molecule has 0 aliphatic heterocycles. The number of benzene rings is 1. The number of carbonyl (C=O) groups is 3. The van der Waals surface area contributed by atoms with Crippen molar-refractivity contribution in [3.05, 3.63) is 29.3 Å². The molecule has 2 N–H and O–H groups in total. The summed E-state index contributed by atoms with van der Waals surface area (Å²) in [6.45, 7) is 5.24. The van der Waals surface area contributed by atoms with Gasteiger partial charge < -0.3 is 20.1 Å². The summed E-state index contributed by atoms with van der Waals surface area (Å²) in [4.78, 5) is 35.4. The summed E-state index contributed by atoms with van der Waals surface area (Å²) in [7, 11) is 2.46. The number of rotatable bonds is 3. The molecule has 7 nitrogen and oxygen atoms in total. The molecule has 0 aliphatic rings. The second kappa shape index (κ2) is 7.87. The second-order valence-corrected chi connectivity index (χ2v) is 6.35. The van der Waals surface area contributed by atoms with Crippen LogP contribution in [-0.2, 0) is 14.3 Å². The van der Waals surface area contributed by atoms with E-state index in [0.29, 0.717) is 5.69 Å².